The van der Waals surface area contributed by atoms with Gasteiger partial charge in [-0.05, 0) is 60.9 Å². The van der Waals surface area contributed by atoms with Crippen molar-refractivity contribution in [2.45, 2.75) is 25.3 Å². The molecule has 0 aliphatic heterocycles. The fraction of sp³-hybridized carbons (Fsp3) is 0.208. The van der Waals surface area contributed by atoms with Gasteiger partial charge in [0, 0.05) is 19.3 Å². The van der Waals surface area contributed by atoms with Crippen molar-refractivity contribution in [3.63, 3.8) is 0 Å². The summed E-state index contributed by atoms with van der Waals surface area (Å²) in [4.78, 5) is 14.5. The van der Waals surface area contributed by atoms with E-state index in [0.29, 0.717) is 11.3 Å². The second-order valence-electron chi connectivity index (χ2n) is 7.46. The Morgan fingerprint density at radius 2 is 1.58 bits per heavy atom. The minimum atomic E-state index is -3.94. The second kappa shape index (κ2) is 9.41. The molecule has 0 unspecified atom stereocenters. The first-order valence-electron chi connectivity index (χ1n) is 9.82. The van der Waals surface area contributed by atoms with Crippen molar-refractivity contribution in [2.24, 2.45) is 0 Å². The molecule has 7 heteroatoms. The van der Waals surface area contributed by atoms with Crippen LogP contribution in [0.2, 0.25) is 0 Å². The zero-order chi connectivity index (χ0) is 22.6. The average molecular weight is 441 g/mol. The third kappa shape index (κ3) is 5.37. The molecule has 0 fully saturated rings. The normalized spacial score (nSPS) is 11.5. The van der Waals surface area contributed by atoms with E-state index in [1.54, 1.807) is 26.1 Å². The van der Waals surface area contributed by atoms with Crippen LogP contribution in [0.5, 0.6) is 0 Å². The van der Waals surface area contributed by atoms with E-state index in [9.17, 15) is 17.6 Å². The molecular weight excluding hydrogens is 415 g/mol. The minimum absolute atomic E-state index is 0.0551. The molecule has 0 N–H and O–H groups in total. The lowest BCUT2D eigenvalue weighted by Gasteiger charge is -2.26. The summed E-state index contributed by atoms with van der Waals surface area (Å²) in [6.45, 7) is 3.27. The van der Waals surface area contributed by atoms with Crippen LogP contribution in [-0.4, -0.2) is 32.2 Å². The first-order valence-corrected chi connectivity index (χ1v) is 11.3. The maximum Gasteiger partial charge on any atom is 0.244 e. The van der Waals surface area contributed by atoms with Crippen LogP contribution in [0.25, 0.3) is 0 Å². The topological polar surface area (TPSA) is 57.7 Å². The number of carbonyl (C=O) groups excluding carboxylic acids is 1. The highest BCUT2D eigenvalue weighted by atomic mass is 32.2. The molecule has 0 saturated heterocycles. The van der Waals surface area contributed by atoms with Crippen LogP contribution in [0.3, 0.4) is 0 Å². The number of anilines is 1. The maximum atomic E-state index is 13.6. The monoisotopic (exact) mass is 440 g/mol. The molecule has 0 atom stereocenters. The number of carbonyl (C=O) groups is 1. The number of benzene rings is 3. The summed E-state index contributed by atoms with van der Waals surface area (Å²) >= 11 is 0. The van der Waals surface area contributed by atoms with Crippen LogP contribution >= 0.6 is 0 Å². The average Bonchev–Trinajstić information content (AvgIpc) is 2.75. The molecule has 0 aromatic heterocycles. The largest absolute Gasteiger partial charge is 0.314 e. The van der Waals surface area contributed by atoms with Crippen LogP contribution < -0.4 is 4.90 Å². The number of aryl methyl sites for hydroxylation is 2. The Kier molecular flexibility index (Phi) is 6.87. The summed E-state index contributed by atoms with van der Waals surface area (Å²) in [6.07, 6.45) is 0. The Morgan fingerprint density at radius 1 is 0.935 bits per heavy atom. The summed E-state index contributed by atoms with van der Waals surface area (Å²) < 4.78 is 41.5. The van der Waals surface area contributed by atoms with Gasteiger partial charge in [0.25, 0.3) is 0 Å². The predicted molar refractivity (Wildman–Crippen MR) is 120 cm³/mol. The number of rotatable bonds is 7. The number of amides is 1. The molecular formula is C24H25FN2O3S. The highest BCUT2D eigenvalue weighted by Crippen LogP contribution is 2.24. The summed E-state index contributed by atoms with van der Waals surface area (Å²) in [7, 11) is -2.40. The van der Waals surface area contributed by atoms with E-state index < -0.39 is 21.7 Å². The summed E-state index contributed by atoms with van der Waals surface area (Å²) in [6, 6.07) is 19.8. The molecule has 31 heavy (non-hydrogen) atoms. The summed E-state index contributed by atoms with van der Waals surface area (Å²) in [5.41, 5.74) is 2.69. The van der Waals surface area contributed by atoms with Gasteiger partial charge in [0.1, 0.15) is 5.82 Å². The Morgan fingerprint density at radius 3 is 2.23 bits per heavy atom. The van der Waals surface area contributed by atoms with Gasteiger partial charge in [-0.2, -0.15) is 4.31 Å². The zero-order valence-corrected chi connectivity index (χ0v) is 18.6. The van der Waals surface area contributed by atoms with E-state index in [1.807, 2.05) is 43.3 Å². The first kappa shape index (κ1) is 22.7. The van der Waals surface area contributed by atoms with Gasteiger partial charge in [-0.3, -0.25) is 4.79 Å². The Labute approximate surface area is 182 Å². The van der Waals surface area contributed by atoms with Gasteiger partial charge in [0.05, 0.1) is 11.4 Å². The lowest BCUT2D eigenvalue weighted by Crippen LogP contribution is -2.41. The molecule has 162 valence electrons. The predicted octanol–water partition coefficient (Wildman–Crippen LogP) is 4.30. The number of hydrogen-bond acceptors (Lipinski definition) is 3. The number of sulfonamides is 1. The van der Waals surface area contributed by atoms with Crippen molar-refractivity contribution >= 4 is 21.6 Å². The molecule has 0 spiro atoms. The van der Waals surface area contributed by atoms with E-state index in [2.05, 4.69) is 0 Å². The van der Waals surface area contributed by atoms with Gasteiger partial charge >= 0.3 is 0 Å². The van der Waals surface area contributed by atoms with Crippen molar-refractivity contribution in [2.75, 3.05) is 18.5 Å². The molecule has 0 radical (unpaired) electrons. The van der Waals surface area contributed by atoms with E-state index in [0.717, 1.165) is 11.1 Å². The van der Waals surface area contributed by atoms with Crippen molar-refractivity contribution in [3.8, 4) is 0 Å². The third-order valence-electron chi connectivity index (χ3n) is 5.06. The summed E-state index contributed by atoms with van der Waals surface area (Å²) in [5.74, 6) is -0.829. The van der Waals surface area contributed by atoms with E-state index >= 15 is 0 Å². The molecule has 0 aliphatic rings. The third-order valence-corrected chi connectivity index (χ3v) is 7.00. The smallest absolute Gasteiger partial charge is 0.244 e. The SMILES string of the molecule is Cc1ccc(C)c(S(=O)(=O)N(CC(=O)N(C)c2ccc(F)cc2)Cc2ccccc2)c1. The molecule has 3 aromatic carbocycles. The molecule has 0 aliphatic carbocycles. The van der Waals surface area contributed by atoms with E-state index in [4.69, 9.17) is 0 Å². The maximum absolute atomic E-state index is 13.6. The molecule has 3 aromatic rings. The standard InChI is InChI=1S/C24H25FN2O3S/c1-18-9-10-19(2)23(15-18)31(29,30)27(16-20-7-5-4-6-8-20)17-24(28)26(3)22-13-11-21(25)12-14-22/h4-15H,16-17H2,1-3H3. The number of halogens is 1. The second-order valence-corrected chi connectivity index (χ2v) is 9.36. The highest BCUT2D eigenvalue weighted by molar-refractivity contribution is 7.89. The van der Waals surface area contributed by atoms with Gasteiger partial charge in [-0.15, -0.1) is 0 Å². The van der Waals surface area contributed by atoms with Crippen LogP contribution in [0.1, 0.15) is 16.7 Å². The molecule has 1 amide bonds. The Balaban J connectivity index is 1.95. The van der Waals surface area contributed by atoms with Gasteiger partial charge in [-0.25, -0.2) is 12.8 Å². The van der Waals surface area contributed by atoms with Crippen LogP contribution in [0.15, 0.2) is 77.7 Å². The van der Waals surface area contributed by atoms with Crippen LogP contribution in [0, 0.1) is 19.7 Å². The van der Waals surface area contributed by atoms with Gasteiger partial charge in [0.15, 0.2) is 0 Å². The van der Waals surface area contributed by atoms with Gasteiger partial charge < -0.3 is 4.90 Å². The van der Waals surface area contributed by atoms with Gasteiger partial charge in [0.2, 0.25) is 15.9 Å². The molecule has 0 bridgehead atoms. The number of hydrogen-bond donors (Lipinski definition) is 0. The van der Waals surface area contributed by atoms with Crippen molar-refractivity contribution < 1.29 is 17.6 Å². The van der Waals surface area contributed by atoms with Crippen molar-refractivity contribution in [3.05, 3.63) is 95.3 Å². The zero-order valence-electron chi connectivity index (χ0n) is 17.7. The van der Waals surface area contributed by atoms with Crippen molar-refractivity contribution in [1.82, 2.24) is 4.31 Å². The van der Waals surface area contributed by atoms with E-state index in [-0.39, 0.29) is 18.0 Å². The van der Waals surface area contributed by atoms with Gasteiger partial charge in [-0.1, -0.05) is 42.5 Å². The fourth-order valence-corrected chi connectivity index (χ4v) is 4.89. The minimum Gasteiger partial charge on any atom is -0.314 e. The van der Waals surface area contributed by atoms with E-state index in [1.165, 1.54) is 33.5 Å². The fourth-order valence-electron chi connectivity index (χ4n) is 3.20. The molecule has 5 nitrogen and oxygen atoms in total. The Hall–Kier alpha value is -3.03. The van der Waals surface area contributed by atoms with Crippen molar-refractivity contribution in [1.29, 1.82) is 0 Å². The highest BCUT2D eigenvalue weighted by Gasteiger charge is 2.29. The molecule has 0 saturated carbocycles. The lowest BCUT2D eigenvalue weighted by atomic mass is 10.2. The molecule has 0 heterocycles. The van der Waals surface area contributed by atoms with Crippen LogP contribution in [-0.2, 0) is 21.4 Å². The quantitative estimate of drug-likeness (QED) is 0.551. The number of nitrogens with zero attached hydrogens (tertiary/aromatic N) is 2. The lowest BCUT2D eigenvalue weighted by molar-refractivity contribution is -0.118. The molecule has 3 rings (SSSR count). The van der Waals surface area contributed by atoms with Crippen LogP contribution in [0.4, 0.5) is 10.1 Å². The summed E-state index contributed by atoms with van der Waals surface area (Å²) in [5, 5.41) is 0. The first-order chi connectivity index (χ1) is 14.7. The Bertz CT molecular complexity index is 1160. The number of likely N-dealkylation sites (N-methyl/N-ethyl adjacent to an activating group) is 1.